The van der Waals surface area contributed by atoms with Crippen molar-refractivity contribution in [1.82, 2.24) is 15.2 Å². The molecule has 0 atom stereocenters. The van der Waals surface area contributed by atoms with Gasteiger partial charge in [0.2, 0.25) is 0 Å². The molecular weight excluding hydrogens is 478 g/mol. The number of nitrogens with zero attached hydrogens (tertiary/aromatic N) is 2. The topological polar surface area (TPSA) is 79.4 Å². The van der Waals surface area contributed by atoms with E-state index in [9.17, 15) is 14.4 Å². The molecule has 5 rings (SSSR count). The van der Waals surface area contributed by atoms with Gasteiger partial charge in [-0.1, -0.05) is 54.1 Å². The first-order valence-corrected chi connectivity index (χ1v) is 12.7. The number of carbonyl (C=O) groups is 3. The number of amides is 3. The molecule has 1 N–H and O–H groups in total. The highest BCUT2D eigenvalue weighted by molar-refractivity contribution is 8.18. The molecule has 8 heteroatoms. The minimum Gasteiger partial charge on any atom is -0.350 e. The molecule has 0 bridgehead atoms. The molecule has 1 saturated heterocycles. The Morgan fingerprint density at radius 2 is 1.86 bits per heavy atom. The predicted molar refractivity (Wildman–Crippen MR) is 141 cm³/mol. The normalized spacial score (nSPS) is 14.8. The third kappa shape index (κ3) is 4.89. The summed E-state index contributed by atoms with van der Waals surface area (Å²) in [6.07, 6.45) is 1.72. The molecule has 1 aliphatic heterocycles. The predicted octanol–water partition coefficient (Wildman–Crippen LogP) is 5.74. The van der Waals surface area contributed by atoms with Crippen molar-refractivity contribution in [3.8, 4) is 10.6 Å². The first-order valence-electron chi connectivity index (χ1n) is 11.0. The number of pyridine rings is 1. The molecule has 0 aliphatic carbocycles. The van der Waals surface area contributed by atoms with E-state index in [0.29, 0.717) is 10.5 Å². The van der Waals surface area contributed by atoms with Crippen LogP contribution in [0.4, 0.5) is 4.79 Å². The largest absolute Gasteiger partial charge is 0.350 e. The molecule has 1 aliphatic rings. The van der Waals surface area contributed by atoms with Crippen molar-refractivity contribution in [2.24, 2.45) is 0 Å². The van der Waals surface area contributed by atoms with Gasteiger partial charge in [0.1, 0.15) is 0 Å². The molecule has 0 radical (unpaired) electrons. The van der Waals surface area contributed by atoms with Crippen molar-refractivity contribution in [1.29, 1.82) is 0 Å². The van der Waals surface area contributed by atoms with E-state index in [4.69, 9.17) is 4.98 Å². The van der Waals surface area contributed by atoms with Gasteiger partial charge in [0, 0.05) is 18.5 Å². The van der Waals surface area contributed by atoms with Crippen molar-refractivity contribution in [3.05, 3.63) is 93.7 Å². The minimum absolute atomic E-state index is 0.0996. The Balaban J connectivity index is 1.29. The molecule has 174 valence electrons. The maximum absolute atomic E-state index is 13.1. The number of aryl methyl sites for hydroxylation is 1. The van der Waals surface area contributed by atoms with Crippen molar-refractivity contribution in [3.63, 3.8) is 0 Å². The van der Waals surface area contributed by atoms with Crippen molar-refractivity contribution in [2.45, 2.75) is 6.92 Å². The van der Waals surface area contributed by atoms with Gasteiger partial charge in [0.05, 0.1) is 26.6 Å². The second kappa shape index (κ2) is 9.85. The Kier molecular flexibility index (Phi) is 6.48. The molecule has 0 spiro atoms. The summed E-state index contributed by atoms with van der Waals surface area (Å²) in [6.45, 7) is 2.24. The monoisotopic (exact) mass is 499 g/mol. The number of aromatic nitrogens is 1. The average Bonchev–Trinajstić information content (AvgIpc) is 3.49. The fourth-order valence-corrected chi connectivity index (χ4v) is 5.35. The summed E-state index contributed by atoms with van der Waals surface area (Å²) >= 11 is 2.48. The number of nitrogens with one attached hydrogen (secondary N) is 1. The second-order valence-corrected chi connectivity index (χ2v) is 9.99. The number of carbonyl (C=O) groups excluding carboxylic acids is 3. The van der Waals surface area contributed by atoms with Crippen LogP contribution < -0.4 is 5.32 Å². The summed E-state index contributed by atoms with van der Waals surface area (Å²) in [5.74, 6) is -0.618. The minimum atomic E-state index is -0.343. The highest BCUT2D eigenvalue weighted by atomic mass is 32.2. The fraction of sp³-hybridized carbons (Fsp3) is 0.111. The fourth-order valence-electron chi connectivity index (χ4n) is 3.80. The number of benzene rings is 2. The van der Waals surface area contributed by atoms with E-state index >= 15 is 0 Å². The number of rotatable bonds is 6. The summed E-state index contributed by atoms with van der Waals surface area (Å²) in [5.41, 5.74) is 3.95. The summed E-state index contributed by atoms with van der Waals surface area (Å²) in [5, 5.41) is 5.24. The highest BCUT2D eigenvalue weighted by Gasteiger charge is 2.34. The maximum atomic E-state index is 13.1. The van der Waals surface area contributed by atoms with E-state index in [-0.39, 0.29) is 30.1 Å². The maximum Gasteiger partial charge on any atom is 0.293 e. The number of thioether (sulfide) groups is 1. The molecule has 0 saturated carbocycles. The van der Waals surface area contributed by atoms with E-state index in [1.165, 1.54) is 4.90 Å². The van der Waals surface area contributed by atoms with Crippen LogP contribution >= 0.6 is 23.1 Å². The summed E-state index contributed by atoms with van der Waals surface area (Å²) in [7, 11) is 0. The Morgan fingerprint density at radius 3 is 2.63 bits per heavy atom. The SMILES string of the molecule is Cc1ccc(C=C2SC(=O)N(CCNC(=O)c3cc(-c4cccs4)nc4ccccc34)C2=O)cc1. The van der Waals surface area contributed by atoms with Crippen LogP contribution in [0.25, 0.3) is 27.6 Å². The average molecular weight is 500 g/mol. The lowest BCUT2D eigenvalue weighted by Gasteiger charge is -2.14. The molecule has 6 nitrogen and oxygen atoms in total. The van der Waals surface area contributed by atoms with Crippen LogP contribution in [0.3, 0.4) is 0 Å². The smallest absolute Gasteiger partial charge is 0.293 e. The Labute approximate surface area is 210 Å². The molecule has 35 heavy (non-hydrogen) atoms. The number of imide groups is 1. The van der Waals surface area contributed by atoms with Crippen LogP contribution in [0.5, 0.6) is 0 Å². The van der Waals surface area contributed by atoms with Gasteiger partial charge >= 0.3 is 0 Å². The van der Waals surface area contributed by atoms with E-state index in [0.717, 1.165) is 44.4 Å². The third-order valence-corrected chi connectivity index (χ3v) is 7.40. The van der Waals surface area contributed by atoms with Crippen LogP contribution in [0.15, 0.2) is 77.0 Å². The highest BCUT2D eigenvalue weighted by Crippen LogP contribution is 2.32. The molecule has 2 aromatic carbocycles. The van der Waals surface area contributed by atoms with Gasteiger partial charge in [-0.2, -0.15) is 0 Å². The number of para-hydroxylation sites is 1. The lowest BCUT2D eigenvalue weighted by molar-refractivity contribution is -0.122. The van der Waals surface area contributed by atoms with Crippen LogP contribution in [-0.4, -0.2) is 40.0 Å². The van der Waals surface area contributed by atoms with Gasteiger partial charge in [0.25, 0.3) is 17.1 Å². The van der Waals surface area contributed by atoms with Crippen molar-refractivity contribution < 1.29 is 14.4 Å². The van der Waals surface area contributed by atoms with Gasteiger partial charge in [-0.05, 0) is 53.9 Å². The van der Waals surface area contributed by atoms with Crippen molar-refractivity contribution >= 4 is 57.1 Å². The molecule has 1 fully saturated rings. The van der Waals surface area contributed by atoms with Crippen LogP contribution in [0.2, 0.25) is 0 Å². The van der Waals surface area contributed by atoms with Gasteiger partial charge in [-0.25, -0.2) is 4.98 Å². The standard InChI is InChI=1S/C27H21N3O3S2/c1-17-8-10-18(11-9-17)15-24-26(32)30(27(33)35-24)13-12-28-25(31)20-16-22(23-7-4-14-34-23)29-21-6-3-2-5-19(20)21/h2-11,14-16H,12-13H2,1H3,(H,28,31). The molecule has 0 unspecified atom stereocenters. The van der Waals surface area contributed by atoms with Gasteiger partial charge in [-0.15, -0.1) is 11.3 Å². The van der Waals surface area contributed by atoms with Crippen LogP contribution in [-0.2, 0) is 4.79 Å². The number of thiophene rings is 1. The first kappa shape index (κ1) is 23.0. The van der Waals surface area contributed by atoms with Gasteiger partial charge in [0.15, 0.2) is 0 Å². The molecule has 2 aromatic heterocycles. The Bertz CT molecular complexity index is 1460. The molecule has 3 amide bonds. The van der Waals surface area contributed by atoms with Crippen molar-refractivity contribution in [2.75, 3.05) is 13.1 Å². The van der Waals surface area contributed by atoms with Gasteiger partial charge < -0.3 is 5.32 Å². The van der Waals surface area contributed by atoms with E-state index in [1.54, 1.807) is 23.5 Å². The quantitative estimate of drug-likeness (QED) is 0.342. The van der Waals surface area contributed by atoms with Gasteiger partial charge in [-0.3, -0.25) is 19.3 Å². The van der Waals surface area contributed by atoms with E-state index in [1.807, 2.05) is 73.0 Å². The number of hydrogen-bond donors (Lipinski definition) is 1. The zero-order valence-electron chi connectivity index (χ0n) is 18.9. The summed E-state index contributed by atoms with van der Waals surface area (Å²) in [4.78, 5) is 45.6. The third-order valence-electron chi connectivity index (χ3n) is 5.60. The van der Waals surface area contributed by atoms with Crippen LogP contribution in [0, 0.1) is 6.92 Å². The summed E-state index contributed by atoms with van der Waals surface area (Å²) in [6, 6.07) is 20.9. The number of fused-ring (bicyclic) bond motifs is 1. The van der Waals surface area contributed by atoms with E-state index < -0.39 is 0 Å². The second-order valence-electron chi connectivity index (χ2n) is 8.05. The number of hydrogen-bond acceptors (Lipinski definition) is 6. The summed E-state index contributed by atoms with van der Waals surface area (Å²) < 4.78 is 0. The Morgan fingerprint density at radius 1 is 1.06 bits per heavy atom. The molecule has 3 heterocycles. The zero-order valence-corrected chi connectivity index (χ0v) is 20.5. The van der Waals surface area contributed by atoms with Crippen LogP contribution in [0.1, 0.15) is 21.5 Å². The molecular formula is C27H21N3O3S2. The zero-order chi connectivity index (χ0) is 24.4. The van der Waals surface area contributed by atoms with E-state index in [2.05, 4.69) is 5.32 Å². The lowest BCUT2D eigenvalue weighted by atomic mass is 10.1. The first-order chi connectivity index (χ1) is 17.0. The lowest BCUT2D eigenvalue weighted by Crippen LogP contribution is -2.37. The Hall–Kier alpha value is -3.75. The molecule has 4 aromatic rings.